The first-order valence-electron chi connectivity index (χ1n) is 3.74. The highest BCUT2D eigenvalue weighted by molar-refractivity contribution is 5.79. The van der Waals surface area contributed by atoms with E-state index in [2.05, 4.69) is 16.1 Å². The van der Waals surface area contributed by atoms with Gasteiger partial charge >= 0.3 is 17.9 Å². The number of ether oxygens (including phenoxy) is 2. The molecule has 0 saturated heterocycles. The van der Waals surface area contributed by atoms with Gasteiger partial charge in [0.05, 0.1) is 19.1 Å². The predicted octanol–water partition coefficient (Wildman–Crippen LogP) is 0.0811. The van der Waals surface area contributed by atoms with E-state index in [1.807, 2.05) is 0 Å². The Hall–Kier alpha value is -1.85. The van der Waals surface area contributed by atoms with Gasteiger partial charge in [-0.1, -0.05) is 6.58 Å². The van der Waals surface area contributed by atoms with Gasteiger partial charge in [0.15, 0.2) is 6.61 Å². The summed E-state index contributed by atoms with van der Waals surface area (Å²) in [4.78, 5) is 31.4. The molecule has 6 heteroatoms. The summed E-state index contributed by atoms with van der Waals surface area (Å²) in [5.41, 5.74) is 0. The van der Waals surface area contributed by atoms with Crippen LogP contribution in [0.1, 0.15) is 12.8 Å². The summed E-state index contributed by atoms with van der Waals surface area (Å²) in [6.45, 7) is 2.59. The van der Waals surface area contributed by atoms with Gasteiger partial charge in [-0.3, -0.25) is 9.59 Å². The van der Waals surface area contributed by atoms with Gasteiger partial charge in [0, 0.05) is 0 Å². The molecule has 0 aromatic carbocycles. The van der Waals surface area contributed by atoms with Crippen LogP contribution in [-0.4, -0.2) is 29.6 Å². The van der Waals surface area contributed by atoms with E-state index in [1.165, 1.54) is 0 Å². The zero-order valence-corrected chi connectivity index (χ0v) is 7.39. The van der Waals surface area contributed by atoms with Gasteiger partial charge in [0.25, 0.3) is 0 Å². The number of carboxylic acids is 1. The summed E-state index contributed by atoms with van der Waals surface area (Å²) in [5.74, 6) is -2.62. The average molecular weight is 202 g/mol. The molecule has 0 aromatic rings. The van der Waals surface area contributed by atoms with Crippen LogP contribution in [0.3, 0.4) is 0 Å². The van der Waals surface area contributed by atoms with Gasteiger partial charge < -0.3 is 14.6 Å². The first-order chi connectivity index (χ1) is 6.56. The number of esters is 2. The molecule has 1 N–H and O–H groups in total. The molecule has 0 aliphatic carbocycles. The predicted molar refractivity (Wildman–Crippen MR) is 44.1 cm³/mol. The van der Waals surface area contributed by atoms with E-state index < -0.39 is 24.5 Å². The Balaban J connectivity index is 3.58. The van der Waals surface area contributed by atoms with Gasteiger partial charge in [0.2, 0.25) is 0 Å². The van der Waals surface area contributed by atoms with Gasteiger partial charge in [-0.05, 0) is 0 Å². The third kappa shape index (κ3) is 6.84. The smallest absolute Gasteiger partial charge is 0.349 e. The highest BCUT2D eigenvalue weighted by atomic mass is 16.6. The van der Waals surface area contributed by atoms with E-state index >= 15 is 0 Å². The Morgan fingerprint density at radius 3 is 2.36 bits per heavy atom. The van der Waals surface area contributed by atoms with Crippen molar-refractivity contribution in [1.82, 2.24) is 0 Å². The van der Waals surface area contributed by atoms with Crippen LogP contribution in [0.2, 0.25) is 0 Å². The second kappa shape index (κ2) is 6.64. The molecule has 0 saturated carbocycles. The van der Waals surface area contributed by atoms with Crippen LogP contribution in [0, 0.1) is 0 Å². The van der Waals surface area contributed by atoms with Crippen molar-refractivity contribution in [2.75, 3.05) is 6.61 Å². The molecule has 6 nitrogen and oxygen atoms in total. The highest BCUT2D eigenvalue weighted by Gasteiger charge is 2.09. The molecule has 0 spiro atoms. The van der Waals surface area contributed by atoms with Crippen LogP contribution < -0.4 is 0 Å². The van der Waals surface area contributed by atoms with Gasteiger partial charge in [-0.15, -0.1) is 0 Å². The monoisotopic (exact) mass is 202 g/mol. The fourth-order valence-electron chi connectivity index (χ4n) is 0.548. The molecule has 0 atom stereocenters. The summed E-state index contributed by atoms with van der Waals surface area (Å²) in [6, 6.07) is 0. The molecule has 0 aliphatic rings. The van der Waals surface area contributed by atoms with Gasteiger partial charge in [-0.25, -0.2) is 4.79 Å². The molecular weight excluding hydrogens is 192 g/mol. The van der Waals surface area contributed by atoms with Crippen molar-refractivity contribution >= 4 is 17.9 Å². The summed E-state index contributed by atoms with van der Waals surface area (Å²) < 4.78 is 8.63. The van der Waals surface area contributed by atoms with Crippen LogP contribution >= 0.6 is 0 Å². The van der Waals surface area contributed by atoms with Crippen molar-refractivity contribution in [3.8, 4) is 0 Å². The van der Waals surface area contributed by atoms with E-state index in [-0.39, 0.29) is 12.8 Å². The minimum absolute atomic E-state index is 0.267. The van der Waals surface area contributed by atoms with Crippen molar-refractivity contribution in [1.29, 1.82) is 0 Å². The van der Waals surface area contributed by atoms with Crippen LogP contribution in [0.15, 0.2) is 12.8 Å². The number of hydrogen-bond acceptors (Lipinski definition) is 5. The molecule has 0 bridgehead atoms. The quantitative estimate of drug-likeness (QED) is 0.484. The second-order valence-corrected chi connectivity index (χ2v) is 2.21. The van der Waals surface area contributed by atoms with Crippen molar-refractivity contribution in [2.24, 2.45) is 0 Å². The molecule has 0 fully saturated rings. The number of rotatable bonds is 6. The SMILES string of the molecule is C=COC(=O)COC(=O)CCC(=O)O. The topological polar surface area (TPSA) is 89.9 Å². The third-order valence-electron chi connectivity index (χ3n) is 1.11. The second-order valence-electron chi connectivity index (χ2n) is 2.21. The van der Waals surface area contributed by atoms with E-state index in [1.54, 1.807) is 0 Å². The largest absolute Gasteiger partial charge is 0.481 e. The standard InChI is InChI=1S/C8H10O6/c1-2-13-8(12)5-14-7(11)4-3-6(9)10/h2H,1,3-5H2,(H,9,10). The summed E-state index contributed by atoms with van der Waals surface area (Å²) in [5, 5.41) is 8.21. The number of aliphatic carboxylic acids is 1. The van der Waals surface area contributed by atoms with E-state index in [4.69, 9.17) is 5.11 Å². The van der Waals surface area contributed by atoms with Crippen LogP contribution in [0.5, 0.6) is 0 Å². The molecular formula is C8H10O6. The Bertz CT molecular complexity index is 244. The molecule has 0 radical (unpaired) electrons. The molecule has 0 heterocycles. The van der Waals surface area contributed by atoms with E-state index in [0.717, 1.165) is 6.26 Å². The first-order valence-corrected chi connectivity index (χ1v) is 3.74. The Kier molecular flexibility index (Phi) is 5.77. The molecule has 0 aliphatic heterocycles. The molecule has 0 amide bonds. The minimum atomic E-state index is -1.10. The first kappa shape index (κ1) is 12.2. The van der Waals surface area contributed by atoms with Crippen molar-refractivity contribution in [2.45, 2.75) is 12.8 Å². The fourth-order valence-corrected chi connectivity index (χ4v) is 0.548. The average Bonchev–Trinajstić information content (AvgIpc) is 2.12. The lowest BCUT2D eigenvalue weighted by atomic mass is 10.3. The molecule has 0 rings (SSSR count). The number of carboxylic acid groups (broad SMARTS) is 1. The zero-order valence-electron chi connectivity index (χ0n) is 7.39. The van der Waals surface area contributed by atoms with Crippen molar-refractivity contribution in [3.05, 3.63) is 12.8 Å². The van der Waals surface area contributed by atoms with Crippen LogP contribution in [0.4, 0.5) is 0 Å². The Labute approximate surface area is 80.1 Å². The molecule has 0 unspecified atom stereocenters. The van der Waals surface area contributed by atoms with Crippen molar-refractivity contribution < 1.29 is 29.0 Å². The summed E-state index contributed by atoms with van der Waals surface area (Å²) in [7, 11) is 0. The fraction of sp³-hybridized carbons (Fsp3) is 0.375. The lowest BCUT2D eigenvalue weighted by Gasteiger charge is -2.01. The van der Waals surface area contributed by atoms with Crippen LogP contribution in [0.25, 0.3) is 0 Å². The lowest BCUT2D eigenvalue weighted by molar-refractivity contribution is -0.156. The van der Waals surface area contributed by atoms with E-state index in [9.17, 15) is 14.4 Å². The van der Waals surface area contributed by atoms with Gasteiger partial charge in [-0.2, -0.15) is 0 Å². The Morgan fingerprint density at radius 1 is 1.21 bits per heavy atom. The molecule has 0 aromatic heterocycles. The molecule has 14 heavy (non-hydrogen) atoms. The van der Waals surface area contributed by atoms with Crippen LogP contribution in [-0.2, 0) is 23.9 Å². The van der Waals surface area contributed by atoms with Gasteiger partial charge in [0.1, 0.15) is 0 Å². The normalized spacial score (nSPS) is 8.86. The maximum atomic E-state index is 10.7. The van der Waals surface area contributed by atoms with E-state index in [0.29, 0.717) is 0 Å². The van der Waals surface area contributed by atoms with Crippen molar-refractivity contribution in [3.63, 3.8) is 0 Å². The minimum Gasteiger partial charge on any atom is -0.481 e. The number of carbonyl (C=O) groups is 3. The number of hydrogen-bond donors (Lipinski definition) is 1. The lowest BCUT2D eigenvalue weighted by Crippen LogP contribution is -2.15. The molecule has 78 valence electrons. The number of carbonyl (C=O) groups excluding carboxylic acids is 2. The maximum Gasteiger partial charge on any atom is 0.349 e. The Morgan fingerprint density at radius 2 is 1.86 bits per heavy atom. The highest BCUT2D eigenvalue weighted by Crippen LogP contribution is 1.93. The summed E-state index contributed by atoms with van der Waals surface area (Å²) >= 11 is 0. The summed E-state index contributed by atoms with van der Waals surface area (Å²) in [6.07, 6.45) is 0.319. The maximum absolute atomic E-state index is 10.7. The zero-order chi connectivity index (χ0) is 11.0. The third-order valence-corrected chi connectivity index (χ3v) is 1.11.